The maximum Gasteiger partial charge on any atom is 0.255 e. The third-order valence-electron chi connectivity index (χ3n) is 3.02. The molecule has 0 aliphatic carbocycles. The van der Waals surface area contributed by atoms with Gasteiger partial charge >= 0.3 is 0 Å². The van der Waals surface area contributed by atoms with E-state index in [0.717, 1.165) is 9.26 Å². The Balaban J connectivity index is 2.15. The Labute approximate surface area is 137 Å². The number of carbonyl (C=O) groups is 1. The van der Waals surface area contributed by atoms with Crippen LogP contribution in [-0.4, -0.2) is 5.91 Å². The zero-order chi connectivity index (χ0) is 14.7. The summed E-state index contributed by atoms with van der Waals surface area (Å²) in [5, 5.41) is 3.56. The van der Waals surface area contributed by atoms with E-state index in [1.165, 1.54) is 5.56 Å². The van der Waals surface area contributed by atoms with Gasteiger partial charge in [0.2, 0.25) is 0 Å². The number of carbonyl (C=O) groups excluding carboxylic acids is 1. The van der Waals surface area contributed by atoms with Crippen molar-refractivity contribution in [2.75, 3.05) is 5.32 Å². The highest BCUT2D eigenvalue weighted by Crippen LogP contribution is 2.23. The number of benzene rings is 2. The monoisotopic (exact) mass is 399 g/mol. The number of hydrogen-bond acceptors (Lipinski definition) is 1. The molecule has 0 aliphatic rings. The van der Waals surface area contributed by atoms with Crippen LogP contribution in [0.1, 0.15) is 35.7 Å². The minimum Gasteiger partial charge on any atom is -0.321 e. The molecule has 0 atom stereocenters. The lowest BCUT2D eigenvalue weighted by molar-refractivity contribution is 0.102. The minimum absolute atomic E-state index is 0.111. The first-order valence-corrected chi connectivity index (χ1v) is 7.79. The van der Waals surface area contributed by atoms with Gasteiger partial charge in [0.15, 0.2) is 0 Å². The van der Waals surface area contributed by atoms with Crippen molar-refractivity contribution in [3.63, 3.8) is 0 Å². The van der Waals surface area contributed by atoms with E-state index in [4.69, 9.17) is 11.6 Å². The first-order valence-electron chi connectivity index (χ1n) is 6.33. The average Bonchev–Trinajstić information content (AvgIpc) is 2.42. The van der Waals surface area contributed by atoms with Crippen molar-refractivity contribution in [1.82, 2.24) is 0 Å². The number of amides is 1. The maximum absolute atomic E-state index is 12.2. The van der Waals surface area contributed by atoms with Crippen LogP contribution in [0.4, 0.5) is 5.69 Å². The quantitative estimate of drug-likeness (QED) is 0.695. The summed E-state index contributed by atoms with van der Waals surface area (Å²) in [5.74, 6) is 0.352. The van der Waals surface area contributed by atoms with Crippen LogP contribution in [0.25, 0.3) is 0 Å². The van der Waals surface area contributed by atoms with Gasteiger partial charge in [-0.2, -0.15) is 0 Å². The summed E-state index contributed by atoms with van der Waals surface area (Å²) >= 11 is 8.05. The minimum atomic E-state index is -0.111. The Kier molecular flexibility index (Phi) is 5.05. The molecular formula is C16H15ClINO. The van der Waals surface area contributed by atoms with Crippen molar-refractivity contribution < 1.29 is 4.79 Å². The van der Waals surface area contributed by atoms with Crippen molar-refractivity contribution in [1.29, 1.82) is 0 Å². The molecule has 2 nitrogen and oxygen atoms in total. The largest absolute Gasteiger partial charge is 0.321 e. The molecule has 0 saturated heterocycles. The topological polar surface area (TPSA) is 29.1 Å². The van der Waals surface area contributed by atoms with E-state index in [2.05, 4.69) is 41.8 Å². The Bertz CT molecular complexity index is 623. The van der Waals surface area contributed by atoms with Gasteiger partial charge < -0.3 is 5.32 Å². The van der Waals surface area contributed by atoms with Crippen LogP contribution in [0.15, 0.2) is 42.5 Å². The molecule has 0 aromatic heterocycles. The van der Waals surface area contributed by atoms with Gasteiger partial charge in [-0.25, -0.2) is 0 Å². The van der Waals surface area contributed by atoms with Gasteiger partial charge in [0, 0.05) is 14.2 Å². The van der Waals surface area contributed by atoms with Crippen LogP contribution in [-0.2, 0) is 0 Å². The fourth-order valence-electron chi connectivity index (χ4n) is 1.80. The van der Waals surface area contributed by atoms with Gasteiger partial charge in [-0.15, -0.1) is 0 Å². The van der Waals surface area contributed by atoms with Gasteiger partial charge in [0.1, 0.15) is 0 Å². The van der Waals surface area contributed by atoms with Crippen molar-refractivity contribution >= 4 is 45.8 Å². The molecule has 104 valence electrons. The molecule has 0 spiro atoms. The Hall–Kier alpha value is -1.07. The first kappa shape index (κ1) is 15.3. The zero-order valence-electron chi connectivity index (χ0n) is 11.3. The smallest absolute Gasteiger partial charge is 0.255 e. The van der Waals surface area contributed by atoms with Crippen molar-refractivity contribution in [3.05, 3.63) is 62.2 Å². The molecule has 0 unspecified atom stereocenters. The van der Waals surface area contributed by atoms with Gasteiger partial charge in [-0.05, 0) is 64.4 Å². The summed E-state index contributed by atoms with van der Waals surface area (Å²) in [6.07, 6.45) is 0. The summed E-state index contributed by atoms with van der Waals surface area (Å²) < 4.78 is 0.919. The molecule has 0 saturated carbocycles. The van der Waals surface area contributed by atoms with Crippen molar-refractivity contribution in [2.24, 2.45) is 0 Å². The molecule has 2 aromatic rings. The van der Waals surface area contributed by atoms with Gasteiger partial charge in [0.25, 0.3) is 5.91 Å². The second-order valence-electron chi connectivity index (χ2n) is 4.86. The van der Waals surface area contributed by atoms with Crippen molar-refractivity contribution in [2.45, 2.75) is 19.8 Å². The summed E-state index contributed by atoms with van der Waals surface area (Å²) in [4.78, 5) is 12.2. The first-order chi connectivity index (χ1) is 9.47. The summed E-state index contributed by atoms with van der Waals surface area (Å²) in [6, 6.07) is 13.1. The molecule has 0 aliphatic heterocycles. The average molecular weight is 400 g/mol. The van der Waals surface area contributed by atoms with Crippen LogP contribution in [0.3, 0.4) is 0 Å². The predicted molar refractivity (Wildman–Crippen MR) is 92.7 cm³/mol. The highest BCUT2D eigenvalue weighted by molar-refractivity contribution is 14.1. The number of hydrogen-bond donors (Lipinski definition) is 1. The standard InChI is InChI=1S/C16H15ClINO/c1-10(2)11-3-5-12(6-4-11)16(20)19-15-8-7-13(17)9-14(15)18/h3-10H,1-2H3,(H,19,20). The second-order valence-corrected chi connectivity index (χ2v) is 6.45. The molecule has 1 amide bonds. The fraction of sp³-hybridized carbons (Fsp3) is 0.188. The van der Waals surface area contributed by atoms with Crippen molar-refractivity contribution in [3.8, 4) is 0 Å². The number of halogens is 2. The third-order valence-corrected chi connectivity index (χ3v) is 4.15. The lowest BCUT2D eigenvalue weighted by Crippen LogP contribution is -2.12. The van der Waals surface area contributed by atoms with E-state index in [1.807, 2.05) is 36.4 Å². The fourth-order valence-corrected chi connectivity index (χ4v) is 2.81. The Morgan fingerprint density at radius 2 is 1.80 bits per heavy atom. The number of rotatable bonds is 3. The van der Waals surface area contributed by atoms with Gasteiger partial charge in [0.05, 0.1) is 5.69 Å². The van der Waals surface area contributed by atoms with Crippen LogP contribution >= 0.6 is 34.2 Å². The predicted octanol–water partition coefficient (Wildman–Crippen LogP) is 5.32. The lowest BCUT2D eigenvalue weighted by Gasteiger charge is -2.09. The Morgan fingerprint density at radius 1 is 1.15 bits per heavy atom. The normalized spacial score (nSPS) is 10.7. The third kappa shape index (κ3) is 3.73. The molecule has 0 fully saturated rings. The van der Waals surface area contributed by atoms with E-state index in [1.54, 1.807) is 6.07 Å². The summed E-state index contributed by atoms with van der Waals surface area (Å²) in [5.41, 5.74) is 2.65. The van der Waals surface area contributed by atoms with E-state index in [-0.39, 0.29) is 5.91 Å². The van der Waals surface area contributed by atoms with Gasteiger partial charge in [-0.1, -0.05) is 37.6 Å². The van der Waals surface area contributed by atoms with E-state index in [9.17, 15) is 4.79 Å². The molecule has 20 heavy (non-hydrogen) atoms. The second kappa shape index (κ2) is 6.59. The molecule has 2 aromatic carbocycles. The molecule has 2 rings (SSSR count). The molecule has 1 N–H and O–H groups in total. The van der Waals surface area contributed by atoms with Crippen LogP contribution < -0.4 is 5.32 Å². The van der Waals surface area contributed by atoms with E-state index >= 15 is 0 Å². The van der Waals surface area contributed by atoms with Crippen LogP contribution in [0.5, 0.6) is 0 Å². The highest BCUT2D eigenvalue weighted by Gasteiger charge is 2.09. The Morgan fingerprint density at radius 3 is 2.35 bits per heavy atom. The van der Waals surface area contributed by atoms with Gasteiger partial charge in [-0.3, -0.25) is 4.79 Å². The van der Waals surface area contributed by atoms with E-state index < -0.39 is 0 Å². The summed E-state index contributed by atoms with van der Waals surface area (Å²) in [6.45, 7) is 4.26. The molecular weight excluding hydrogens is 385 g/mol. The van der Waals surface area contributed by atoms with Crippen LogP contribution in [0, 0.1) is 3.57 Å². The molecule has 0 radical (unpaired) electrons. The zero-order valence-corrected chi connectivity index (χ0v) is 14.2. The molecule has 0 heterocycles. The molecule has 0 bridgehead atoms. The number of nitrogens with one attached hydrogen (secondary N) is 1. The maximum atomic E-state index is 12.2. The lowest BCUT2D eigenvalue weighted by atomic mass is 10.0. The molecule has 4 heteroatoms. The van der Waals surface area contributed by atoms with E-state index in [0.29, 0.717) is 16.5 Å². The van der Waals surface area contributed by atoms with Crippen LogP contribution in [0.2, 0.25) is 5.02 Å². The SMILES string of the molecule is CC(C)c1ccc(C(=O)Nc2ccc(Cl)cc2I)cc1. The summed E-state index contributed by atoms with van der Waals surface area (Å²) in [7, 11) is 0. The highest BCUT2D eigenvalue weighted by atomic mass is 127. The number of anilines is 1.